The molecular formula is C24H20Cl2FN3O4. The molecule has 2 N–H and O–H groups in total. The number of carbonyl (C=O) groups is 2. The van der Waals surface area contributed by atoms with Crippen LogP contribution in [0.5, 0.6) is 11.5 Å². The molecule has 3 aromatic carbocycles. The summed E-state index contributed by atoms with van der Waals surface area (Å²) in [7, 11) is 1.49. The number of methoxy groups -OCH3 is 1. The molecule has 0 aliphatic carbocycles. The number of hydrazone groups is 1. The summed E-state index contributed by atoms with van der Waals surface area (Å²) in [4.78, 5) is 24.2. The Morgan fingerprint density at radius 2 is 1.68 bits per heavy atom. The van der Waals surface area contributed by atoms with E-state index in [1.807, 2.05) is 0 Å². The average molecular weight is 504 g/mol. The summed E-state index contributed by atoms with van der Waals surface area (Å²) in [5, 5.41) is 6.95. The van der Waals surface area contributed by atoms with Crippen molar-refractivity contribution in [3.05, 3.63) is 87.7 Å². The van der Waals surface area contributed by atoms with E-state index in [1.54, 1.807) is 37.3 Å². The Labute approximate surface area is 205 Å². The van der Waals surface area contributed by atoms with Gasteiger partial charge in [-0.1, -0.05) is 35.3 Å². The van der Waals surface area contributed by atoms with E-state index in [0.717, 1.165) is 5.56 Å². The second-order valence-corrected chi connectivity index (χ2v) is 7.82. The van der Waals surface area contributed by atoms with E-state index in [-0.39, 0.29) is 17.4 Å². The Morgan fingerprint density at radius 3 is 2.35 bits per heavy atom. The predicted molar refractivity (Wildman–Crippen MR) is 129 cm³/mol. The molecule has 0 aromatic heterocycles. The molecule has 0 saturated heterocycles. The molecule has 0 radical (unpaired) electrons. The summed E-state index contributed by atoms with van der Waals surface area (Å²) in [5.74, 6) is -1.28. The number of anilines is 1. The predicted octanol–water partition coefficient (Wildman–Crippen LogP) is 5.20. The van der Waals surface area contributed by atoms with Gasteiger partial charge in [0.1, 0.15) is 12.4 Å². The largest absolute Gasteiger partial charge is 0.493 e. The first-order valence-corrected chi connectivity index (χ1v) is 10.7. The summed E-state index contributed by atoms with van der Waals surface area (Å²) in [6.45, 7) is 1.89. The number of carbonyl (C=O) groups excluding carboxylic acids is 2. The molecule has 3 aromatic rings. The normalized spacial score (nSPS) is 11.0. The number of amides is 2. The van der Waals surface area contributed by atoms with Gasteiger partial charge in [-0.05, 0) is 61.0 Å². The Hall–Kier alpha value is -3.62. The number of ether oxygens (including phenoxy) is 2. The van der Waals surface area contributed by atoms with Gasteiger partial charge in [0.05, 0.1) is 22.9 Å². The first-order chi connectivity index (χ1) is 16.3. The van der Waals surface area contributed by atoms with Gasteiger partial charge < -0.3 is 14.8 Å². The maximum absolute atomic E-state index is 13.0. The van der Waals surface area contributed by atoms with Gasteiger partial charge in [0, 0.05) is 11.3 Å². The lowest BCUT2D eigenvalue weighted by atomic mass is 10.1. The van der Waals surface area contributed by atoms with Crippen LogP contribution in [0.2, 0.25) is 10.0 Å². The lowest BCUT2D eigenvalue weighted by Gasteiger charge is -2.12. The number of benzene rings is 3. The number of halogens is 3. The van der Waals surface area contributed by atoms with Crippen LogP contribution in [0.3, 0.4) is 0 Å². The molecule has 34 heavy (non-hydrogen) atoms. The van der Waals surface area contributed by atoms with Crippen molar-refractivity contribution in [1.82, 2.24) is 5.43 Å². The van der Waals surface area contributed by atoms with E-state index in [4.69, 9.17) is 32.7 Å². The minimum Gasteiger partial charge on any atom is -0.493 e. The maximum atomic E-state index is 13.0. The van der Waals surface area contributed by atoms with Gasteiger partial charge in [-0.2, -0.15) is 5.10 Å². The van der Waals surface area contributed by atoms with Gasteiger partial charge in [-0.15, -0.1) is 0 Å². The molecular weight excluding hydrogens is 484 g/mol. The van der Waals surface area contributed by atoms with Gasteiger partial charge in [-0.3, -0.25) is 9.59 Å². The van der Waals surface area contributed by atoms with E-state index in [1.165, 1.54) is 37.4 Å². The lowest BCUT2D eigenvalue weighted by Crippen LogP contribution is -2.32. The fraction of sp³-hybridized carbons (Fsp3) is 0.125. The summed E-state index contributed by atoms with van der Waals surface area (Å²) in [6, 6.07) is 15.5. The van der Waals surface area contributed by atoms with Crippen LogP contribution in [0.4, 0.5) is 10.1 Å². The summed E-state index contributed by atoms with van der Waals surface area (Å²) >= 11 is 11.7. The number of nitrogens with zero attached hydrogens (tertiary/aromatic N) is 1. The number of hydrogen-bond donors (Lipinski definition) is 2. The third kappa shape index (κ3) is 6.69. The third-order valence-electron chi connectivity index (χ3n) is 4.60. The number of rotatable bonds is 7. The van der Waals surface area contributed by atoms with Crippen LogP contribution in [0.1, 0.15) is 18.1 Å². The van der Waals surface area contributed by atoms with Crippen LogP contribution in [-0.2, 0) is 16.2 Å². The van der Waals surface area contributed by atoms with Crippen LogP contribution in [0.25, 0.3) is 0 Å². The zero-order chi connectivity index (χ0) is 24.7. The van der Waals surface area contributed by atoms with E-state index in [2.05, 4.69) is 15.8 Å². The Bertz CT molecular complexity index is 1230. The Kier molecular flexibility index (Phi) is 8.45. The standard InChI is InChI=1S/C24H20Cl2FN3O4/c1-14(29-30-24(32)23(31)28-18-8-9-19(25)20(26)12-18)16-5-10-21(22(11-16)33-2)34-13-15-3-6-17(27)7-4-15/h3-12H,13H2,1-2H3,(H,28,31)(H,30,32)/b29-14+. The SMILES string of the molecule is COc1cc(/C(C)=N/NC(=O)C(=O)Nc2ccc(Cl)c(Cl)c2)ccc1OCc1ccc(F)cc1. The molecule has 0 unspecified atom stereocenters. The van der Waals surface area contributed by atoms with Gasteiger partial charge >= 0.3 is 11.8 Å². The van der Waals surface area contributed by atoms with Gasteiger partial charge in [0.2, 0.25) is 0 Å². The van der Waals surface area contributed by atoms with Crippen molar-refractivity contribution in [2.45, 2.75) is 13.5 Å². The number of hydrogen-bond acceptors (Lipinski definition) is 5. The van der Waals surface area contributed by atoms with E-state index in [0.29, 0.717) is 33.5 Å². The third-order valence-corrected chi connectivity index (χ3v) is 5.34. The molecule has 10 heteroatoms. The highest BCUT2D eigenvalue weighted by molar-refractivity contribution is 6.43. The van der Waals surface area contributed by atoms with Crippen molar-refractivity contribution < 1.29 is 23.5 Å². The zero-order valence-corrected chi connectivity index (χ0v) is 19.7. The molecule has 0 aliphatic heterocycles. The van der Waals surface area contributed by atoms with Crippen molar-refractivity contribution in [2.24, 2.45) is 5.10 Å². The van der Waals surface area contributed by atoms with E-state index in [9.17, 15) is 14.0 Å². The molecule has 2 amide bonds. The minimum atomic E-state index is -0.961. The van der Waals surface area contributed by atoms with E-state index < -0.39 is 11.8 Å². The summed E-state index contributed by atoms with van der Waals surface area (Å²) in [6.07, 6.45) is 0. The van der Waals surface area contributed by atoms with Crippen molar-refractivity contribution >= 4 is 46.4 Å². The summed E-state index contributed by atoms with van der Waals surface area (Å²) in [5.41, 5.74) is 4.38. The molecule has 0 heterocycles. The second-order valence-electron chi connectivity index (χ2n) is 7.00. The monoisotopic (exact) mass is 503 g/mol. The van der Waals surface area contributed by atoms with Crippen LogP contribution in [0, 0.1) is 5.82 Å². The maximum Gasteiger partial charge on any atom is 0.329 e. The van der Waals surface area contributed by atoms with Crippen LogP contribution in [-0.4, -0.2) is 24.6 Å². The van der Waals surface area contributed by atoms with Crippen LogP contribution in [0.15, 0.2) is 65.8 Å². The first kappa shape index (κ1) is 25.0. The molecule has 0 bridgehead atoms. The Balaban J connectivity index is 1.62. The first-order valence-electron chi connectivity index (χ1n) is 9.93. The van der Waals surface area contributed by atoms with Gasteiger partial charge in [-0.25, -0.2) is 9.82 Å². The van der Waals surface area contributed by atoms with Crippen molar-refractivity contribution in [3.8, 4) is 11.5 Å². The molecule has 0 saturated carbocycles. The smallest absolute Gasteiger partial charge is 0.329 e. The molecule has 0 fully saturated rings. The second kappa shape index (κ2) is 11.5. The topological polar surface area (TPSA) is 89.0 Å². The summed E-state index contributed by atoms with van der Waals surface area (Å²) < 4.78 is 24.2. The highest BCUT2D eigenvalue weighted by atomic mass is 35.5. The molecule has 176 valence electrons. The quantitative estimate of drug-likeness (QED) is 0.263. The van der Waals surface area contributed by atoms with Crippen LogP contribution >= 0.6 is 23.2 Å². The molecule has 0 aliphatic rings. The Morgan fingerprint density at radius 1 is 0.941 bits per heavy atom. The number of nitrogens with one attached hydrogen (secondary N) is 2. The lowest BCUT2D eigenvalue weighted by molar-refractivity contribution is -0.136. The molecule has 7 nitrogen and oxygen atoms in total. The van der Waals surface area contributed by atoms with Crippen molar-refractivity contribution in [3.63, 3.8) is 0 Å². The minimum absolute atomic E-state index is 0.229. The van der Waals surface area contributed by atoms with Crippen molar-refractivity contribution in [1.29, 1.82) is 0 Å². The van der Waals surface area contributed by atoms with Crippen LogP contribution < -0.4 is 20.2 Å². The highest BCUT2D eigenvalue weighted by Gasteiger charge is 2.14. The average Bonchev–Trinajstić information content (AvgIpc) is 2.84. The highest BCUT2D eigenvalue weighted by Crippen LogP contribution is 2.29. The zero-order valence-electron chi connectivity index (χ0n) is 18.2. The van der Waals surface area contributed by atoms with Gasteiger partial charge in [0.25, 0.3) is 0 Å². The fourth-order valence-electron chi connectivity index (χ4n) is 2.77. The molecule has 0 spiro atoms. The van der Waals surface area contributed by atoms with Crippen molar-refractivity contribution in [2.75, 3.05) is 12.4 Å². The fourth-order valence-corrected chi connectivity index (χ4v) is 3.06. The van der Waals surface area contributed by atoms with Gasteiger partial charge in [0.15, 0.2) is 11.5 Å². The van der Waals surface area contributed by atoms with E-state index >= 15 is 0 Å². The molecule has 0 atom stereocenters. The molecule has 3 rings (SSSR count).